The molecule has 2 aromatic carbocycles. The summed E-state index contributed by atoms with van der Waals surface area (Å²) in [5, 5.41) is 10.5. The van der Waals surface area contributed by atoms with Gasteiger partial charge in [0, 0.05) is 35.7 Å². The number of ether oxygens (including phenoxy) is 2. The van der Waals surface area contributed by atoms with Crippen molar-refractivity contribution in [3.63, 3.8) is 0 Å². The van der Waals surface area contributed by atoms with Crippen molar-refractivity contribution < 1.29 is 28.2 Å². The maximum atomic E-state index is 13.8. The van der Waals surface area contributed by atoms with E-state index >= 15 is 0 Å². The van der Waals surface area contributed by atoms with Crippen LogP contribution in [0.5, 0.6) is 5.75 Å². The fraction of sp³-hybridized carbons (Fsp3) is 0.344. The first-order valence-corrected chi connectivity index (χ1v) is 14.8. The van der Waals surface area contributed by atoms with Gasteiger partial charge in [-0.3, -0.25) is 9.88 Å². The van der Waals surface area contributed by atoms with Crippen LogP contribution < -0.4 is 4.74 Å². The standard InChI is InChI=1S/C32H30ClFN4O5/c33-24-5-3-21(31-23(24)15-28(34)43-31)18-42-27-2-1-10-35-30(27)19-7-11-37(12-8-19)17-29-36-25-6-4-20(32(39)40)14-26(25)38(29)16-22-9-13-41-22/h1-6,10,14-15,19,22H,7-9,11-13,16-18H2,(H,39,40)/t22-/m0/s1. The van der Waals surface area contributed by atoms with Gasteiger partial charge in [-0.15, -0.1) is 0 Å². The van der Waals surface area contributed by atoms with Crippen LogP contribution in [0.4, 0.5) is 4.39 Å². The zero-order valence-electron chi connectivity index (χ0n) is 23.3. The number of furan rings is 1. The minimum absolute atomic E-state index is 0.119. The van der Waals surface area contributed by atoms with Crippen LogP contribution in [0.25, 0.3) is 22.0 Å². The van der Waals surface area contributed by atoms with Crippen molar-refractivity contribution >= 4 is 39.6 Å². The minimum atomic E-state index is -0.952. The summed E-state index contributed by atoms with van der Waals surface area (Å²) in [6.45, 7) is 3.98. The largest absolute Gasteiger partial charge is 0.487 e. The minimum Gasteiger partial charge on any atom is -0.487 e. The zero-order valence-corrected chi connectivity index (χ0v) is 24.1. The number of aromatic carboxylic acids is 1. The quantitative estimate of drug-likeness (QED) is 0.206. The van der Waals surface area contributed by atoms with E-state index in [4.69, 9.17) is 35.5 Å². The van der Waals surface area contributed by atoms with Gasteiger partial charge in [0.2, 0.25) is 0 Å². The van der Waals surface area contributed by atoms with Crippen molar-refractivity contribution in [3.05, 3.63) is 88.4 Å². The second-order valence-corrected chi connectivity index (χ2v) is 11.6. The molecule has 2 aliphatic rings. The molecule has 0 saturated carbocycles. The van der Waals surface area contributed by atoms with Gasteiger partial charge in [0.15, 0.2) is 0 Å². The Hall–Kier alpha value is -3.99. The van der Waals surface area contributed by atoms with Crippen molar-refractivity contribution in [3.8, 4) is 5.75 Å². The fourth-order valence-electron chi connectivity index (χ4n) is 6.04. The molecule has 43 heavy (non-hydrogen) atoms. The summed E-state index contributed by atoms with van der Waals surface area (Å²) < 4.78 is 33.1. The molecule has 0 spiro atoms. The lowest BCUT2D eigenvalue weighted by atomic mass is 9.92. The molecule has 2 aliphatic heterocycles. The number of fused-ring (bicyclic) bond motifs is 2. The van der Waals surface area contributed by atoms with Crippen LogP contribution in [0.1, 0.15) is 52.6 Å². The molecule has 2 saturated heterocycles. The van der Waals surface area contributed by atoms with Crippen LogP contribution in [-0.2, 0) is 24.4 Å². The Morgan fingerprint density at radius 3 is 2.74 bits per heavy atom. The predicted octanol–water partition coefficient (Wildman–Crippen LogP) is 6.42. The Bertz CT molecular complexity index is 1810. The van der Waals surface area contributed by atoms with Crippen LogP contribution in [-0.4, -0.2) is 56.3 Å². The molecule has 1 atom stereocenters. The normalized spacial score (nSPS) is 17.9. The second kappa shape index (κ2) is 11.6. The van der Waals surface area contributed by atoms with Gasteiger partial charge >= 0.3 is 5.97 Å². The third-order valence-electron chi connectivity index (χ3n) is 8.46. The lowest BCUT2D eigenvalue weighted by Crippen LogP contribution is -2.35. The number of halogens is 2. The molecule has 0 unspecified atom stereocenters. The summed E-state index contributed by atoms with van der Waals surface area (Å²) in [6, 6.07) is 13.0. The van der Waals surface area contributed by atoms with Crippen LogP contribution in [0, 0.1) is 6.01 Å². The molecule has 2 fully saturated rings. The van der Waals surface area contributed by atoms with Crippen LogP contribution >= 0.6 is 11.6 Å². The van der Waals surface area contributed by atoms with Gasteiger partial charge in [-0.25, -0.2) is 9.78 Å². The molecule has 3 aromatic heterocycles. The van der Waals surface area contributed by atoms with E-state index in [1.165, 1.54) is 6.07 Å². The molecule has 0 radical (unpaired) electrons. The van der Waals surface area contributed by atoms with Gasteiger partial charge in [0.1, 0.15) is 23.8 Å². The second-order valence-electron chi connectivity index (χ2n) is 11.2. The summed E-state index contributed by atoms with van der Waals surface area (Å²) in [5.41, 5.74) is 3.87. The van der Waals surface area contributed by atoms with Crippen molar-refractivity contribution in [1.82, 2.24) is 19.4 Å². The SMILES string of the molecule is O=C(O)c1ccc2nc(CN3CCC(c4ncccc4OCc4ccc(Cl)c5cc(F)oc45)CC3)n(C[C@@H]3CCO3)c2c1. The van der Waals surface area contributed by atoms with Crippen molar-refractivity contribution in [2.24, 2.45) is 0 Å². The first kappa shape index (κ1) is 27.8. The van der Waals surface area contributed by atoms with E-state index in [1.54, 1.807) is 36.5 Å². The molecule has 0 amide bonds. The maximum absolute atomic E-state index is 13.8. The van der Waals surface area contributed by atoms with Gasteiger partial charge < -0.3 is 23.6 Å². The van der Waals surface area contributed by atoms with Gasteiger partial charge in [0.25, 0.3) is 6.01 Å². The van der Waals surface area contributed by atoms with Gasteiger partial charge in [-0.05, 0) is 68.8 Å². The number of carboxylic acid groups (broad SMARTS) is 1. The van der Waals surface area contributed by atoms with Crippen molar-refractivity contribution in [2.45, 2.75) is 51.0 Å². The molecular formula is C32H30ClFN4O5. The highest BCUT2D eigenvalue weighted by Gasteiger charge is 2.27. The average molecular weight is 605 g/mol. The summed E-state index contributed by atoms with van der Waals surface area (Å²) in [4.78, 5) is 23.6. The highest BCUT2D eigenvalue weighted by atomic mass is 35.5. The molecule has 11 heteroatoms. The Morgan fingerprint density at radius 1 is 1.14 bits per heavy atom. The molecular weight excluding hydrogens is 575 g/mol. The first-order valence-electron chi connectivity index (χ1n) is 14.4. The van der Waals surface area contributed by atoms with E-state index in [1.807, 2.05) is 12.1 Å². The highest BCUT2D eigenvalue weighted by Crippen LogP contribution is 2.35. The Kier molecular flexibility index (Phi) is 7.50. The number of pyridine rings is 1. The predicted molar refractivity (Wildman–Crippen MR) is 158 cm³/mol. The summed E-state index contributed by atoms with van der Waals surface area (Å²) >= 11 is 6.21. The van der Waals surface area contributed by atoms with Gasteiger partial charge in [0.05, 0.1) is 46.5 Å². The third-order valence-corrected chi connectivity index (χ3v) is 8.79. The van der Waals surface area contributed by atoms with E-state index in [-0.39, 0.29) is 24.2 Å². The Morgan fingerprint density at radius 2 is 1.98 bits per heavy atom. The van der Waals surface area contributed by atoms with Gasteiger partial charge in [-0.1, -0.05) is 17.7 Å². The Balaban J connectivity index is 1.05. The monoisotopic (exact) mass is 604 g/mol. The summed E-state index contributed by atoms with van der Waals surface area (Å²) in [7, 11) is 0. The molecule has 7 rings (SSSR count). The maximum Gasteiger partial charge on any atom is 0.335 e. The van der Waals surface area contributed by atoms with Crippen LogP contribution in [0.15, 0.2) is 59.1 Å². The smallest absolute Gasteiger partial charge is 0.335 e. The lowest BCUT2D eigenvalue weighted by molar-refractivity contribution is -0.0592. The zero-order chi connectivity index (χ0) is 29.5. The summed E-state index contributed by atoms with van der Waals surface area (Å²) in [5.74, 6) is 0.885. The topological polar surface area (TPSA) is 103 Å². The number of piperidine rings is 1. The van der Waals surface area contributed by atoms with Crippen molar-refractivity contribution in [2.75, 3.05) is 19.7 Å². The number of rotatable bonds is 9. The van der Waals surface area contributed by atoms with E-state index in [0.29, 0.717) is 40.4 Å². The highest BCUT2D eigenvalue weighted by molar-refractivity contribution is 6.35. The number of benzene rings is 2. The first-order chi connectivity index (χ1) is 20.9. The Labute approximate surface area is 251 Å². The van der Waals surface area contributed by atoms with Crippen LogP contribution in [0.3, 0.4) is 0 Å². The molecule has 5 aromatic rings. The number of nitrogens with zero attached hydrogens (tertiary/aromatic N) is 4. The number of likely N-dealkylation sites (tertiary alicyclic amines) is 1. The van der Waals surface area contributed by atoms with E-state index in [0.717, 1.165) is 61.5 Å². The number of carbonyl (C=O) groups is 1. The number of aromatic nitrogens is 3. The van der Waals surface area contributed by atoms with E-state index in [2.05, 4.69) is 9.47 Å². The van der Waals surface area contributed by atoms with E-state index in [9.17, 15) is 14.3 Å². The number of hydrogen-bond donors (Lipinski definition) is 1. The number of carboxylic acids is 1. The molecule has 9 nitrogen and oxygen atoms in total. The molecule has 0 bridgehead atoms. The molecule has 0 aliphatic carbocycles. The molecule has 1 N–H and O–H groups in total. The number of imidazole rings is 1. The third kappa shape index (κ3) is 5.58. The average Bonchev–Trinajstić information content (AvgIpc) is 3.55. The van der Waals surface area contributed by atoms with Crippen molar-refractivity contribution in [1.29, 1.82) is 0 Å². The van der Waals surface area contributed by atoms with Gasteiger partial charge in [-0.2, -0.15) is 4.39 Å². The number of hydrogen-bond acceptors (Lipinski definition) is 7. The van der Waals surface area contributed by atoms with Crippen LogP contribution in [0.2, 0.25) is 5.02 Å². The molecule has 5 heterocycles. The molecule has 222 valence electrons. The lowest BCUT2D eigenvalue weighted by Gasteiger charge is -2.32. The summed E-state index contributed by atoms with van der Waals surface area (Å²) in [6.07, 6.45) is 4.69. The van der Waals surface area contributed by atoms with E-state index < -0.39 is 12.0 Å². The fourth-order valence-corrected chi connectivity index (χ4v) is 6.25.